The Kier molecular flexibility index (Phi) is 5.18. The lowest BCUT2D eigenvalue weighted by atomic mass is 9.97. The van der Waals surface area contributed by atoms with Crippen LogP contribution in [0.2, 0.25) is 0 Å². The largest absolute Gasteiger partial charge is 0.270 e. The van der Waals surface area contributed by atoms with Crippen LogP contribution in [0.1, 0.15) is 51.1 Å². The molecule has 0 saturated carbocycles. The first-order valence-corrected chi connectivity index (χ1v) is 10.4. The SMILES string of the molecule is Cc1ccc(C2=N[C@@H](c3ccc(C)cc3)C[C@H](c3ccc(C)cc3)S2)cc1. The monoisotopic (exact) mass is 371 g/mol. The van der Waals surface area contributed by atoms with E-state index in [1.54, 1.807) is 0 Å². The van der Waals surface area contributed by atoms with Crippen molar-refractivity contribution in [2.45, 2.75) is 38.5 Å². The summed E-state index contributed by atoms with van der Waals surface area (Å²) in [5.74, 6) is 0. The van der Waals surface area contributed by atoms with Crippen LogP contribution < -0.4 is 0 Å². The van der Waals surface area contributed by atoms with E-state index in [4.69, 9.17) is 4.99 Å². The van der Waals surface area contributed by atoms with E-state index in [2.05, 4.69) is 93.6 Å². The van der Waals surface area contributed by atoms with Crippen LogP contribution in [-0.4, -0.2) is 5.04 Å². The summed E-state index contributed by atoms with van der Waals surface area (Å²) in [7, 11) is 0. The second-order valence-corrected chi connectivity index (χ2v) is 8.67. The van der Waals surface area contributed by atoms with Gasteiger partial charge in [-0.1, -0.05) is 101 Å². The molecule has 0 saturated heterocycles. The zero-order chi connectivity index (χ0) is 18.8. The first-order valence-electron chi connectivity index (χ1n) is 9.53. The Morgan fingerprint density at radius 1 is 0.667 bits per heavy atom. The highest BCUT2D eigenvalue weighted by atomic mass is 32.2. The van der Waals surface area contributed by atoms with E-state index in [1.165, 1.54) is 33.4 Å². The van der Waals surface area contributed by atoms with E-state index in [0.29, 0.717) is 5.25 Å². The third-order valence-electron chi connectivity index (χ3n) is 5.17. The Balaban J connectivity index is 1.72. The molecule has 0 unspecified atom stereocenters. The van der Waals surface area contributed by atoms with Gasteiger partial charge in [0, 0.05) is 10.8 Å². The van der Waals surface area contributed by atoms with Gasteiger partial charge in [0.25, 0.3) is 0 Å². The van der Waals surface area contributed by atoms with Crippen molar-refractivity contribution in [3.63, 3.8) is 0 Å². The van der Waals surface area contributed by atoms with Gasteiger partial charge in [0.05, 0.1) is 11.1 Å². The summed E-state index contributed by atoms with van der Waals surface area (Å²) in [6.45, 7) is 6.41. The molecule has 0 radical (unpaired) electrons. The minimum Gasteiger partial charge on any atom is -0.270 e. The summed E-state index contributed by atoms with van der Waals surface area (Å²) in [5, 5.41) is 1.57. The summed E-state index contributed by atoms with van der Waals surface area (Å²) in [4.78, 5) is 5.15. The van der Waals surface area contributed by atoms with Crippen LogP contribution in [0.3, 0.4) is 0 Å². The molecule has 1 nitrogen and oxygen atoms in total. The Labute approximate surface area is 166 Å². The summed E-state index contributed by atoms with van der Waals surface area (Å²) < 4.78 is 0. The molecule has 3 aromatic carbocycles. The Hall–Kier alpha value is -2.32. The van der Waals surface area contributed by atoms with Gasteiger partial charge >= 0.3 is 0 Å². The maximum absolute atomic E-state index is 5.15. The van der Waals surface area contributed by atoms with Crippen molar-refractivity contribution < 1.29 is 0 Å². The third-order valence-corrected chi connectivity index (χ3v) is 6.49. The molecule has 4 rings (SSSR count). The fourth-order valence-corrected chi connectivity index (χ4v) is 4.73. The van der Waals surface area contributed by atoms with Crippen LogP contribution in [0.4, 0.5) is 0 Å². The van der Waals surface area contributed by atoms with Gasteiger partial charge in [0.2, 0.25) is 0 Å². The van der Waals surface area contributed by atoms with Crippen LogP contribution in [0.25, 0.3) is 0 Å². The summed E-state index contributed by atoms with van der Waals surface area (Å²) in [6, 6.07) is 26.8. The summed E-state index contributed by atoms with van der Waals surface area (Å²) in [5.41, 5.74) is 7.80. The van der Waals surface area contributed by atoms with Crippen molar-refractivity contribution in [2.75, 3.05) is 0 Å². The molecule has 1 aliphatic rings. The first kappa shape index (κ1) is 18.1. The molecular formula is C25H25NS. The van der Waals surface area contributed by atoms with Gasteiger partial charge in [-0.3, -0.25) is 4.99 Å². The van der Waals surface area contributed by atoms with Gasteiger partial charge in [-0.25, -0.2) is 0 Å². The van der Waals surface area contributed by atoms with Crippen molar-refractivity contribution >= 4 is 16.8 Å². The van der Waals surface area contributed by atoms with Crippen molar-refractivity contribution in [3.05, 3.63) is 106 Å². The Morgan fingerprint density at radius 3 is 1.70 bits per heavy atom. The number of hydrogen-bond donors (Lipinski definition) is 0. The highest BCUT2D eigenvalue weighted by molar-refractivity contribution is 8.14. The first-order chi connectivity index (χ1) is 13.1. The van der Waals surface area contributed by atoms with E-state index in [-0.39, 0.29) is 6.04 Å². The van der Waals surface area contributed by atoms with Gasteiger partial charge < -0.3 is 0 Å². The van der Waals surface area contributed by atoms with Gasteiger partial charge in [0.1, 0.15) is 0 Å². The number of nitrogens with zero attached hydrogens (tertiary/aromatic N) is 1. The topological polar surface area (TPSA) is 12.4 Å². The molecule has 0 bridgehead atoms. The predicted molar refractivity (Wildman–Crippen MR) is 118 cm³/mol. The molecule has 0 amide bonds. The summed E-state index contributed by atoms with van der Waals surface area (Å²) in [6.07, 6.45) is 1.03. The fourth-order valence-electron chi connectivity index (χ4n) is 3.43. The molecule has 1 heterocycles. The van der Waals surface area contributed by atoms with E-state index in [0.717, 1.165) is 11.5 Å². The lowest BCUT2D eigenvalue weighted by Crippen LogP contribution is -2.14. The molecule has 136 valence electrons. The lowest BCUT2D eigenvalue weighted by Gasteiger charge is -2.28. The quantitative estimate of drug-likeness (QED) is 0.484. The molecule has 2 atom stereocenters. The normalized spacial score (nSPS) is 19.6. The number of aryl methyl sites for hydroxylation is 3. The predicted octanol–water partition coefficient (Wildman–Crippen LogP) is 6.98. The van der Waals surface area contributed by atoms with Crippen molar-refractivity contribution in [1.82, 2.24) is 0 Å². The van der Waals surface area contributed by atoms with Crippen molar-refractivity contribution in [1.29, 1.82) is 0 Å². The maximum atomic E-state index is 5.15. The van der Waals surface area contributed by atoms with Crippen LogP contribution >= 0.6 is 11.8 Å². The second kappa shape index (κ2) is 7.74. The average Bonchev–Trinajstić information content (AvgIpc) is 2.69. The highest BCUT2D eigenvalue weighted by Crippen LogP contribution is 2.45. The molecule has 0 fully saturated rings. The van der Waals surface area contributed by atoms with E-state index < -0.39 is 0 Å². The zero-order valence-corrected chi connectivity index (χ0v) is 17.0. The van der Waals surface area contributed by atoms with Crippen LogP contribution in [0.15, 0.2) is 77.8 Å². The van der Waals surface area contributed by atoms with Crippen LogP contribution in [-0.2, 0) is 0 Å². The lowest BCUT2D eigenvalue weighted by molar-refractivity contribution is 0.640. The smallest absolute Gasteiger partial charge is 0.0990 e. The van der Waals surface area contributed by atoms with Crippen LogP contribution in [0, 0.1) is 20.8 Å². The fraction of sp³-hybridized carbons (Fsp3) is 0.240. The van der Waals surface area contributed by atoms with E-state index >= 15 is 0 Å². The number of thioether (sulfide) groups is 1. The molecule has 27 heavy (non-hydrogen) atoms. The van der Waals surface area contributed by atoms with Gasteiger partial charge in [-0.05, 0) is 38.3 Å². The Morgan fingerprint density at radius 2 is 1.15 bits per heavy atom. The molecule has 2 heteroatoms. The van der Waals surface area contributed by atoms with Gasteiger partial charge in [-0.2, -0.15) is 0 Å². The average molecular weight is 372 g/mol. The third kappa shape index (κ3) is 4.17. The molecular weight excluding hydrogens is 346 g/mol. The Bertz CT molecular complexity index is 937. The maximum Gasteiger partial charge on any atom is 0.0990 e. The second-order valence-electron chi connectivity index (χ2n) is 7.48. The number of benzene rings is 3. The molecule has 0 aliphatic carbocycles. The molecule has 1 aliphatic heterocycles. The number of hydrogen-bond acceptors (Lipinski definition) is 2. The number of rotatable bonds is 3. The molecule has 0 spiro atoms. The van der Waals surface area contributed by atoms with Crippen molar-refractivity contribution in [2.24, 2.45) is 4.99 Å². The van der Waals surface area contributed by atoms with Gasteiger partial charge in [0.15, 0.2) is 0 Å². The highest BCUT2D eigenvalue weighted by Gasteiger charge is 2.27. The minimum absolute atomic E-state index is 0.203. The molecule has 0 N–H and O–H groups in total. The molecule has 3 aromatic rings. The number of aliphatic imine (C=N–C) groups is 1. The van der Waals surface area contributed by atoms with Crippen LogP contribution in [0.5, 0.6) is 0 Å². The van der Waals surface area contributed by atoms with E-state index in [9.17, 15) is 0 Å². The van der Waals surface area contributed by atoms with Gasteiger partial charge in [-0.15, -0.1) is 0 Å². The summed E-state index contributed by atoms with van der Waals surface area (Å²) >= 11 is 1.90. The van der Waals surface area contributed by atoms with Crippen molar-refractivity contribution in [3.8, 4) is 0 Å². The standard InChI is InChI=1S/C25H25NS/c1-17-4-10-20(11-5-17)23-16-24(21-12-6-18(2)7-13-21)27-25(26-23)22-14-8-19(3)9-15-22/h4-15,23-24H,16H2,1-3H3/t23-,24-/m1/s1. The minimum atomic E-state index is 0.203. The zero-order valence-electron chi connectivity index (χ0n) is 16.1. The molecule has 0 aromatic heterocycles. The van der Waals surface area contributed by atoms with E-state index in [1.807, 2.05) is 11.8 Å².